The van der Waals surface area contributed by atoms with E-state index in [0.717, 1.165) is 47.1 Å². The van der Waals surface area contributed by atoms with Crippen LogP contribution in [-0.4, -0.2) is 134 Å². The van der Waals surface area contributed by atoms with Crippen molar-refractivity contribution < 1.29 is 58.1 Å². The van der Waals surface area contributed by atoms with Gasteiger partial charge in [-0.15, -0.1) is 11.3 Å². The maximum Gasteiger partial charge on any atom is 0.426 e. The number of aliphatic hydroxyl groups excluding tert-OH is 1. The predicted octanol–water partition coefficient (Wildman–Crippen LogP) is 7.06. The smallest absolute Gasteiger partial charge is 0.426 e. The lowest BCUT2D eigenvalue weighted by molar-refractivity contribution is -0.388. The van der Waals surface area contributed by atoms with Gasteiger partial charge in [-0.2, -0.15) is 0 Å². The van der Waals surface area contributed by atoms with E-state index in [4.69, 9.17) is 14.2 Å². The summed E-state index contributed by atoms with van der Waals surface area (Å²) in [5.41, 5.74) is 5.14. The molecular formula is C51H75N9O13S3. The number of nitrogens with one attached hydrogen (secondary N) is 4. The minimum Gasteiger partial charge on any atom is -0.508 e. The van der Waals surface area contributed by atoms with Crippen molar-refractivity contribution in [3.05, 3.63) is 74.4 Å². The molecule has 1 saturated heterocycles. The number of ether oxygens (including phenoxy) is 3. The second kappa shape index (κ2) is 32.2. The van der Waals surface area contributed by atoms with Crippen LogP contribution in [-0.2, 0) is 39.8 Å². The van der Waals surface area contributed by atoms with Gasteiger partial charge >= 0.3 is 23.7 Å². The summed E-state index contributed by atoms with van der Waals surface area (Å²) in [6.07, 6.45) is 2.85. The molecule has 3 aromatic rings. The standard InChI is InChI=1S/C51H75N9O13S3/c1-9-14-43(63)72-30-59(50(67)44(32(5)10-2)55-47(66)40-15-11-12-22-58(40)8)37(25-31(3)4)28-42(73-34(7)61)49-54-39(29-74-49)46(65)53-36(27-35-17-19-38(62)20-18-35)26-33(6)45(64)56-57-51(68)71-23-24-75-76-48-41(60(69)70)16-13-21-52-48/h13,16-21,29,31-33,36-37,40,42,44,50,62,67H,9-12,14-15,22-28,30H2,1-8H3,(H,53,65)(H,55,66)(H,56,64)(H,57,68)/t32?,33-,36+,37-,40+,42+,44-,50?/m0/s1. The van der Waals surface area contributed by atoms with Crippen LogP contribution in [0.5, 0.6) is 5.75 Å². The number of likely N-dealkylation sites (tertiary alicyclic amines) is 1. The number of rotatable bonds is 30. The molecule has 76 heavy (non-hydrogen) atoms. The van der Waals surface area contributed by atoms with Crippen LogP contribution in [0.2, 0.25) is 0 Å². The van der Waals surface area contributed by atoms with E-state index >= 15 is 0 Å². The molecule has 420 valence electrons. The Labute approximate surface area is 456 Å². The Hall–Kier alpha value is -5.60. The molecule has 2 aromatic heterocycles. The van der Waals surface area contributed by atoms with Crippen molar-refractivity contribution in [2.75, 3.05) is 32.7 Å². The van der Waals surface area contributed by atoms with Crippen molar-refractivity contribution in [2.45, 2.75) is 154 Å². The number of pyridine rings is 1. The quantitative estimate of drug-likeness (QED) is 0.00740. The van der Waals surface area contributed by atoms with E-state index in [-0.39, 0.29) is 95.7 Å². The second-order valence-electron chi connectivity index (χ2n) is 19.3. The molecule has 1 aromatic carbocycles. The Bertz CT molecular complexity index is 2360. The summed E-state index contributed by atoms with van der Waals surface area (Å²) in [5, 5.41) is 41.8. The molecule has 1 aliphatic rings. The van der Waals surface area contributed by atoms with Crippen LogP contribution >= 0.6 is 32.9 Å². The molecule has 3 heterocycles. The molecular weight excluding hydrogens is 1040 g/mol. The number of hydrogen-bond acceptors (Lipinski definition) is 20. The van der Waals surface area contributed by atoms with Crippen molar-refractivity contribution in [3.63, 3.8) is 0 Å². The largest absolute Gasteiger partial charge is 0.508 e. The van der Waals surface area contributed by atoms with Crippen LogP contribution in [0, 0.1) is 27.9 Å². The number of carbonyl (C=O) groups is 6. The van der Waals surface area contributed by atoms with Gasteiger partial charge in [-0.25, -0.2) is 25.1 Å². The van der Waals surface area contributed by atoms with E-state index in [9.17, 15) is 49.1 Å². The third kappa shape index (κ3) is 20.7. The number of phenolic OH excluding ortho intramolecular Hbond substituents is 1. The first-order valence-electron chi connectivity index (χ1n) is 25.6. The highest BCUT2D eigenvalue weighted by Crippen LogP contribution is 2.36. The van der Waals surface area contributed by atoms with Crippen LogP contribution < -0.4 is 21.5 Å². The fourth-order valence-electron chi connectivity index (χ4n) is 8.58. The summed E-state index contributed by atoms with van der Waals surface area (Å²) < 4.78 is 16.8. The highest BCUT2D eigenvalue weighted by molar-refractivity contribution is 8.76. The Kier molecular flexibility index (Phi) is 26.7. The number of piperidine rings is 1. The number of esters is 2. The number of aromatic hydroxyl groups is 1. The number of nitrogens with zero attached hydrogens (tertiary/aromatic N) is 5. The molecule has 0 saturated carbocycles. The lowest BCUT2D eigenvalue weighted by Gasteiger charge is -2.42. The summed E-state index contributed by atoms with van der Waals surface area (Å²) in [6, 6.07) is 6.74. The van der Waals surface area contributed by atoms with Crippen LogP contribution in [0.3, 0.4) is 0 Å². The minimum absolute atomic E-state index is 0.00205. The Morgan fingerprint density at radius 1 is 1.00 bits per heavy atom. The maximum absolute atomic E-state index is 14.1. The number of phenols is 1. The predicted molar refractivity (Wildman–Crippen MR) is 289 cm³/mol. The first-order chi connectivity index (χ1) is 36.2. The van der Waals surface area contributed by atoms with Gasteiger partial charge < -0.3 is 35.1 Å². The van der Waals surface area contributed by atoms with Crippen molar-refractivity contribution in [1.82, 2.24) is 41.3 Å². The molecule has 1 aliphatic heterocycles. The number of aromatic nitrogens is 2. The summed E-state index contributed by atoms with van der Waals surface area (Å²) in [5.74, 6) is -3.10. The number of likely N-dealkylation sites (N-methyl/N-ethyl adjacent to an activating group) is 1. The number of aliphatic hydroxyl groups is 1. The molecule has 6 N–H and O–H groups in total. The molecule has 4 amide bonds. The fraction of sp³-hybridized carbons (Fsp3) is 0.608. The van der Waals surface area contributed by atoms with E-state index in [2.05, 4.69) is 31.5 Å². The molecule has 22 nitrogen and oxygen atoms in total. The summed E-state index contributed by atoms with van der Waals surface area (Å²) in [7, 11) is 4.17. The van der Waals surface area contributed by atoms with Crippen LogP contribution in [0.1, 0.15) is 133 Å². The first-order valence-corrected chi connectivity index (χ1v) is 28.8. The van der Waals surface area contributed by atoms with Crippen molar-refractivity contribution in [2.24, 2.45) is 17.8 Å². The Morgan fingerprint density at radius 2 is 1.74 bits per heavy atom. The second-order valence-corrected chi connectivity index (χ2v) is 22.6. The van der Waals surface area contributed by atoms with E-state index in [1.807, 2.05) is 46.6 Å². The monoisotopic (exact) mass is 1120 g/mol. The molecule has 25 heteroatoms. The Balaban J connectivity index is 1.51. The van der Waals surface area contributed by atoms with E-state index in [0.29, 0.717) is 25.7 Å². The van der Waals surface area contributed by atoms with Gasteiger partial charge in [-0.05, 0) is 98.5 Å². The number of hydrazine groups is 1. The molecule has 8 atom stereocenters. The lowest BCUT2D eigenvalue weighted by atomic mass is 9.92. The van der Waals surface area contributed by atoms with Gasteiger partial charge in [0.05, 0.1) is 17.0 Å². The van der Waals surface area contributed by atoms with E-state index in [1.165, 1.54) is 53.6 Å². The molecule has 0 bridgehead atoms. The van der Waals surface area contributed by atoms with Gasteiger partial charge in [0.1, 0.15) is 36.0 Å². The summed E-state index contributed by atoms with van der Waals surface area (Å²) >= 11 is 1.09. The average molecular weight is 1120 g/mol. The number of benzene rings is 1. The maximum atomic E-state index is 14.1. The summed E-state index contributed by atoms with van der Waals surface area (Å²) in [6.45, 7) is 13.0. The topological polar surface area (TPSA) is 294 Å². The summed E-state index contributed by atoms with van der Waals surface area (Å²) in [4.78, 5) is 102. The van der Waals surface area contributed by atoms with Gasteiger partial charge in [0.25, 0.3) is 5.91 Å². The third-order valence-electron chi connectivity index (χ3n) is 12.8. The zero-order valence-corrected chi connectivity index (χ0v) is 47.0. The zero-order valence-electron chi connectivity index (χ0n) is 44.6. The van der Waals surface area contributed by atoms with Crippen molar-refractivity contribution in [3.8, 4) is 5.75 Å². The fourth-order valence-corrected chi connectivity index (χ4v) is 11.3. The normalized spacial score (nSPS) is 16.5. The highest BCUT2D eigenvalue weighted by Gasteiger charge is 2.39. The minimum atomic E-state index is -1.34. The molecule has 0 aliphatic carbocycles. The average Bonchev–Trinajstić information content (AvgIpc) is 3.88. The molecule has 4 rings (SSSR count). The van der Waals surface area contributed by atoms with Gasteiger partial charge in [-0.1, -0.05) is 77.3 Å². The molecule has 0 radical (unpaired) electrons. The van der Waals surface area contributed by atoms with Crippen molar-refractivity contribution in [1.29, 1.82) is 0 Å². The van der Waals surface area contributed by atoms with Crippen LogP contribution in [0.15, 0.2) is 53.0 Å². The first kappa shape index (κ1) is 62.9. The van der Waals surface area contributed by atoms with Crippen LogP contribution in [0.25, 0.3) is 0 Å². The van der Waals surface area contributed by atoms with Gasteiger partial charge in [-0.3, -0.25) is 44.4 Å². The number of hydrogen-bond donors (Lipinski definition) is 6. The lowest BCUT2D eigenvalue weighted by Crippen LogP contribution is -2.60. The van der Waals surface area contributed by atoms with E-state index < -0.39 is 71.1 Å². The number of amides is 4. The van der Waals surface area contributed by atoms with Gasteiger partial charge in [0.15, 0.2) is 11.1 Å². The molecule has 1 fully saturated rings. The highest BCUT2D eigenvalue weighted by atomic mass is 33.1. The number of carbonyl (C=O) groups excluding carboxylic acids is 6. The van der Waals surface area contributed by atoms with Gasteiger partial charge in [0, 0.05) is 61.2 Å². The number of thiazole rings is 1. The molecule has 0 spiro atoms. The van der Waals surface area contributed by atoms with E-state index in [1.54, 1.807) is 24.0 Å². The SMILES string of the molecule is CCCC(=O)OCN(C(O)[C@@H](NC(=O)[C@H]1CCCCN1C)C(C)CC)[C@@H](CC(C)C)C[C@@H](OC(C)=O)c1nc(C(=O)N[C@@H](Cc2ccc(O)cc2)C[C@H](C)C(=O)NNC(=O)OCCSSc2ncccc2[N+](=O)[O-])cs1. The Morgan fingerprint density at radius 3 is 2.39 bits per heavy atom. The zero-order chi connectivity index (χ0) is 55.9. The van der Waals surface area contributed by atoms with Crippen LogP contribution in [0.4, 0.5) is 10.5 Å². The van der Waals surface area contributed by atoms with Crippen molar-refractivity contribution >= 4 is 74.4 Å². The number of nitro groups is 1. The third-order valence-corrected chi connectivity index (χ3v) is 16.0. The molecule has 2 unspecified atom stereocenters. The van der Waals surface area contributed by atoms with Gasteiger partial charge in [0.2, 0.25) is 11.8 Å².